The fourth-order valence-electron chi connectivity index (χ4n) is 1.68. The molecule has 0 unspecified atom stereocenters. The minimum atomic E-state index is 0.634. The van der Waals surface area contributed by atoms with Gasteiger partial charge in [-0.25, -0.2) is 0 Å². The second-order valence-corrected chi connectivity index (χ2v) is 5.19. The lowest BCUT2D eigenvalue weighted by atomic mass is 10.2. The topological polar surface area (TPSA) is 9.23 Å². The van der Waals surface area contributed by atoms with Crippen molar-refractivity contribution in [2.45, 2.75) is 20.3 Å². The van der Waals surface area contributed by atoms with Crippen LogP contribution < -0.4 is 4.74 Å². The summed E-state index contributed by atoms with van der Waals surface area (Å²) < 4.78 is 5.58. The van der Waals surface area contributed by atoms with Crippen molar-refractivity contribution in [3.63, 3.8) is 0 Å². The maximum absolute atomic E-state index is 5.58. The van der Waals surface area contributed by atoms with Gasteiger partial charge in [0.05, 0.1) is 0 Å². The Kier molecular flexibility index (Phi) is 4.59. The number of aryl methyl sites for hydroxylation is 1. The molecule has 0 radical (unpaired) electrons. The second-order valence-electron chi connectivity index (χ2n) is 4.02. The summed E-state index contributed by atoms with van der Waals surface area (Å²) in [5.41, 5.74) is 1.26. The highest BCUT2D eigenvalue weighted by Crippen LogP contribution is 2.29. The highest BCUT2D eigenvalue weighted by atomic mass is 32.1. The molecule has 0 aliphatic rings. The Bertz CT molecular complexity index is 508. The molecule has 0 atom stereocenters. The van der Waals surface area contributed by atoms with Crippen LogP contribution in [0.25, 0.3) is 10.4 Å². The normalized spacial score (nSPS) is 11.0. The van der Waals surface area contributed by atoms with Crippen molar-refractivity contribution >= 4 is 11.3 Å². The zero-order chi connectivity index (χ0) is 12.8. The molecule has 1 heterocycles. The van der Waals surface area contributed by atoms with Crippen LogP contribution in [0.15, 0.2) is 48.6 Å². The zero-order valence-corrected chi connectivity index (χ0v) is 11.7. The Morgan fingerprint density at radius 3 is 2.50 bits per heavy atom. The van der Waals surface area contributed by atoms with E-state index in [1.807, 2.05) is 42.5 Å². The van der Waals surface area contributed by atoms with E-state index in [2.05, 4.69) is 31.2 Å². The lowest BCUT2D eigenvalue weighted by molar-refractivity contribution is 0.363. The summed E-state index contributed by atoms with van der Waals surface area (Å²) in [4.78, 5) is 2.75. The largest absolute Gasteiger partial charge is 0.490 e. The van der Waals surface area contributed by atoms with Gasteiger partial charge in [-0.2, -0.15) is 0 Å². The molecule has 0 spiro atoms. The van der Waals surface area contributed by atoms with Crippen LogP contribution in [-0.2, 0) is 6.42 Å². The van der Waals surface area contributed by atoms with Gasteiger partial charge in [-0.1, -0.05) is 19.1 Å². The Morgan fingerprint density at radius 1 is 1.11 bits per heavy atom. The minimum Gasteiger partial charge on any atom is -0.490 e. The summed E-state index contributed by atoms with van der Waals surface area (Å²) in [6, 6.07) is 12.7. The number of rotatable bonds is 5. The summed E-state index contributed by atoms with van der Waals surface area (Å²) in [5.74, 6) is 0.920. The molecule has 2 aromatic rings. The molecular weight excluding hydrogens is 240 g/mol. The maximum Gasteiger partial charge on any atom is 0.119 e. The molecule has 2 heteroatoms. The van der Waals surface area contributed by atoms with E-state index < -0.39 is 0 Å². The maximum atomic E-state index is 5.58. The van der Waals surface area contributed by atoms with Gasteiger partial charge in [-0.3, -0.25) is 0 Å². The van der Waals surface area contributed by atoms with Gasteiger partial charge in [-0.15, -0.1) is 11.3 Å². The molecule has 2 rings (SSSR count). The van der Waals surface area contributed by atoms with Crippen LogP contribution in [0.2, 0.25) is 0 Å². The first-order valence-corrected chi connectivity index (χ1v) is 7.08. The van der Waals surface area contributed by atoms with Crippen molar-refractivity contribution in [2.24, 2.45) is 0 Å². The van der Waals surface area contributed by atoms with Crippen molar-refractivity contribution in [2.75, 3.05) is 6.61 Å². The fourth-order valence-corrected chi connectivity index (χ4v) is 2.63. The van der Waals surface area contributed by atoms with Gasteiger partial charge in [0.2, 0.25) is 0 Å². The van der Waals surface area contributed by atoms with E-state index in [1.54, 1.807) is 0 Å². The van der Waals surface area contributed by atoms with Crippen molar-refractivity contribution in [3.8, 4) is 16.2 Å². The standard InChI is InChI=1S/C16H18OS/c1-3-5-12-17-14-8-6-13(7-9-14)16-11-10-15(4-2)18-16/h3,5-11H,4,12H2,1-2H3/b5-3+. The average Bonchev–Trinajstić information content (AvgIpc) is 2.89. The molecule has 0 saturated heterocycles. The summed E-state index contributed by atoms with van der Waals surface area (Å²) in [5, 5.41) is 0. The van der Waals surface area contributed by atoms with E-state index in [0.29, 0.717) is 6.61 Å². The van der Waals surface area contributed by atoms with Crippen molar-refractivity contribution in [1.82, 2.24) is 0 Å². The molecule has 1 aromatic heterocycles. The van der Waals surface area contributed by atoms with Crippen LogP contribution in [0.5, 0.6) is 5.75 Å². The molecular formula is C16H18OS. The number of allylic oxidation sites excluding steroid dienone is 1. The Labute approximate surface area is 113 Å². The van der Waals surface area contributed by atoms with E-state index in [9.17, 15) is 0 Å². The van der Waals surface area contributed by atoms with E-state index in [0.717, 1.165) is 12.2 Å². The Hall–Kier alpha value is -1.54. The molecule has 0 bridgehead atoms. The third kappa shape index (κ3) is 3.23. The molecule has 1 aromatic carbocycles. The summed E-state index contributed by atoms with van der Waals surface area (Å²) in [6.45, 7) is 4.82. The first kappa shape index (κ1) is 12.9. The predicted molar refractivity (Wildman–Crippen MR) is 79.4 cm³/mol. The number of hydrogen-bond donors (Lipinski definition) is 0. The van der Waals surface area contributed by atoms with Gasteiger partial charge >= 0.3 is 0 Å². The molecule has 0 fully saturated rings. The van der Waals surface area contributed by atoms with Gasteiger partial charge in [-0.05, 0) is 55.3 Å². The van der Waals surface area contributed by atoms with Gasteiger partial charge in [0.1, 0.15) is 12.4 Å². The second kappa shape index (κ2) is 6.41. The third-order valence-electron chi connectivity index (χ3n) is 2.73. The molecule has 94 valence electrons. The van der Waals surface area contributed by atoms with Crippen molar-refractivity contribution < 1.29 is 4.74 Å². The lowest BCUT2D eigenvalue weighted by Crippen LogP contribution is -1.92. The minimum absolute atomic E-state index is 0.634. The van der Waals surface area contributed by atoms with Gasteiger partial charge in [0.25, 0.3) is 0 Å². The highest BCUT2D eigenvalue weighted by Gasteiger charge is 2.02. The predicted octanol–water partition coefficient (Wildman–Crippen LogP) is 4.93. The zero-order valence-electron chi connectivity index (χ0n) is 10.8. The van der Waals surface area contributed by atoms with Crippen molar-refractivity contribution in [1.29, 1.82) is 0 Å². The van der Waals surface area contributed by atoms with Crippen LogP contribution in [0, 0.1) is 0 Å². The van der Waals surface area contributed by atoms with Gasteiger partial charge in [0, 0.05) is 9.75 Å². The SMILES string of the molecule is C/C=C/COc1ccc(-c2ccc(CC)s2)cc1. The van der Waals surface area contributed by atoms with Crippen LogP contribution in [0.3, 0.4) is 0 Å². The smallest absolute Gasteiger partial charge is 0.119 e. The molecule has 0 saturated carbocycles. The lowest BCUT2D eigenvalue weighted by Gasteiger charge is -2.04. The molecule has 0 aliphatic carbocycles. The summed E-state index contributed by atoms with van der Waals surface area (Å²) >= 11 is 1.86. The Balaban J connectivity index is 2.07. The molecule has 0 amide bonds. The number of hydrogen-bond acceptors (Lipinski definition) is 2. The average molecular weight is 258 g/mol. The van der Waals surface area contributed by atoms with E-state index in [4.69, 9.17) is 4.74 Å². The number of benzene rings is 1. The highest BCUT2D eigenvalue weighted by molar-refractivity contribution is 7.15. The van der Waals surface area contributed by atoms with Crippen LogP contribution >= 0.6 is 11.3 Å². The molecule has 0 N–H and O–H groups in total. The summed E-state index contributed by atoms with van der Waals surface area (Å²) in [6.07, 6.45) is 5.10. The van der Waals surface area contributed by atoms with Gasteiger partial charge < -0.3 is 4.74 Å². The van der Waals surface area contributed by atoms with E-state index in [-0.39, 0.29) is 0 Å². The monoisotopic (exact) mass is 258 g/mol. The fraction of sp³-hybridized carbons (Fsp3) is 0.250. The van der Waals surface area contributed by atoms with Crippen LogP contribution in [-0.4, -0.2) is 6.61 Å². The van der Waals surface area contributed by atoms with Gasteiger partial charge in [0.15, 0.2) is 0 Å². The molecule has 0 aliphatic heterocycles. The molecule has 18 heavy (non-hydrogen) atoms. The number of thiophene rings is 1. The third-order valence-corrected chi connectivity index (χ3v) is 4.01. The first-order valence-electron chi connectivity index (χ1n) is 6.26. The van der Waals surface area contributed by atoms with E-state index in [1.165, 1.54) is 15.3 Å². The quantitative estimate of drug-likeness (QED) is 0.691. The first-order chi connectivity index (χ1) is 8.83. The summed E-state index contributed by atoms with van der Waals surface area (Å²) in [7, 11) is 0. The molecule has 1 nitrogen and oxygen atoms in total. The number of ether oxygens (including phenoxy) is 1. The Morgan fingerprint density at radius 2 is 1.89 bits per heavy atom. The van der Waals surface area contributed by atoms with Crippen LogP contribution in [0.1, 0.15) is 18.7 Å². The van der Waals surface area contributed by atoms with Crippen LogP contribution in [0.4, 0.5) is 0 Å². The van der Waals surface area contributed by atoms with E-state index >= 15 is 0 Å². The van der Waals surface area contributed by atoms with Crippen molar-refractivity contribution in [3.05, 3.63) is 53.4 Å².